The first-order chi connectivity index (χ1) is 16.7. The maximum Gasteiger partial charge on any atom is 0.257 e. The van der Waals surface area contributed by atoms with Gasteiger partial charge >= 0.3 is 0 Å². The average Bonchev–Trinajstić information content (AvgIpc) is 2.88. The highest BCUT2D eigenvalue weighted by Crippen LogP contribution is 2.14. The van der Waals surface area contributed by atoms with Gasteiger partial charge in [0.25, 0.3) is 5.91 Å². The fraction of sp³-hybridized carbons (Fsp3) is 0.375. The number of amides is 1. The van der Waals surface area contributed by atoms with E-state index >= 15 is 0 Å². The van der Waals surface area contributed by atoms with E-state index in [-0.39, 0.29) is 5.91 Å². The Morgan fingerprint density at radius 2 is 1.82 bits per heavy atom. The number of para-hydroxylation sites is 1. The molecule has 1 aromatic carbocycles. The Morgan fingerprint density at radius 3 is 2.56 bits per heavy atom. The second-order valence-electron chi connectivity index (χ2n) is 7.86. The molecule has 10 nitrogen and oxygen atoms in total. The van der Waals surface area contributed by atoms with Gasteiger partial charge in [0.2, 0.25) is 11.9 Å². The Bertz CT molecular complexity index is 1060. The van der Waals surface area contributed by atoms with Crippen LogP contribution in [0.1, 0.15) is 29.5 Å². The van der Waals surface area contributed by atoms with Crippen LogP contribution in [-0.2, 0) is 11.2 Å². The third kappa shape index (κ3) is 6.93. The molecule has 0 saturated carbocycles. The van der Waals surface area contributed by atoms with Gasteiger partial charge in [0, 0.05) is 37.9 Å². The molecule has 10 heteroatoms. The zero-order valence-corrected chi connectivity index (χ0v) is 19.3. The summed E-state index contributed by atoms with van der Waals surface area (Å²) in [7, 11) is 0. The van der Waals surface area contributed by atoms with Gasteiger partial charge in [-0.2, -0.15) is 15.0 Å². The molecule has 3 heterocycles. The zero-order chi connectivity index (χ0) is 23.6. The standard InChI is InChI=1S/C24H30N8O2/c1-2-20-28-23(25-11-6-12-32-13-15-34-16-14-32)31-24(29-20)30-21-10-9-18(17-26-21)22(33)27-19-7-4-3-5-8-19/h3-5,7-10,17H,2,6,11-16H2,1H3,(H,27,33)(H2,25,26,28,29,30,31). The molecule has 0 bridgehead atoms. The SMILES string of the molecule is CCc1nc(NCCCN2CCOCC2)nc(Nc2ccc(C(=O)Nc3ccccc3)cn2)n1. The Kier molecular flexibility index (Phi) is 8.31. The van der Waals surface area contributed by atoms with Crippen molar-refractivity contribution in [2.24, 2.45) is 0 Å². The van der Waals surface area contributed by atoms with Crippen LogP contribution < -0.4 is 16.0 Å². The molecule has 178 valence electrons. The van der Waals surface area contributed by atoms with E-state index in [0.717, 1.165) is 51.5 Å². The first-order valence-electron chi connectivity index (χ1n) is 11.6. The summed E-state index contributed by atoms with van der Waals surface area (Å²) in [4.78, 5) is 32.6. The Labute approximate surface area is 199 Å². The molecule has 1 aliphatic rings. The van der Waals surface area contributed by atoms with Gasteiger partial charge in [0.05, 0.1) is 18.8 Å². The molecule has 0 spiro atoms. The minimum absolute atomic E-state index is 0.220. The van der Waals surface area contributed by atoms with Gasteiger partial charge in [0.15, 0.2) is 0 Å². The lowest BCUT2D eigenvalue weighted by Crippen LogP contribution is -2.37. The van der Waals surface area contributed by atoms with Crippen LogP contribution in [0.15, 0.2) is 48.7 Å². The number of anilines is 4. The minimum Gasteiger partial charge on any atom is -0.379 e. The van der Waals surface area contributed by atoms with Crippen molar-refractivity contribution in [1.29, 1.82) is 0 Å². The normalized spacial score (nSPS) is 13.9. The third-order valence-corrected chi connectivity index (χ3v) is 5.33. The summed E-state index contributed by atoms with van der Waals surface area (Å²) in [5, 5.41) is 9.25. The summed E-state index contributed by atoms with van der Waals surface area (Å²) in [6.07, 6.45) is 3.20. The van der Waals surface area contributed by atoms with Crippen LogP contribution in [0.5, 0.6) is 0 Å². The van der Waals surface area contributed by atoms with Gasteiger partial charge in [-0.05, 0) is 37.2 Å². The number of nitrogens with zero attached hydrogens (tertiary/aromatic N) is 5. The van der Waals surface area contributed by atoms with Crippen LogP contribution >= 0.6 is 0 Å². The van der Waals surface area contributed by atoms with Gasteiger partial charge in [-0.15, -0.1) is 0 Å². The van der Waals surface area contributed by atoms with E-state index in [1.54, 1.807) is 12.1 Å². The number of aromatic nitrogens is 4. The van der Waals surface area contributed by atoms with Crippen molar-refractivity contribution in [3.8, 4) is 0 Å². The summed E-state index contributed by atoms with van der Waals surface area (Å²) in [5.41, 5.74) is 1.19. The van der Waals surface area contributed by atoms with Gasteiger partial charge < -0.3 is 20.7 Å². The van der Waals surface area contributed by atoms with E-state index in [2.05, 4.69) is 40.8 Å². The molecule has 3 N–H and O–H groups in total. The van der Waals surface area contributed by atoms with E-state index in [9.17, 15) is 4.79 Å². The first-order valence-corrected chi connectivity index (χ1v) is 11.6. The first kappa shape index (κ1) is 23.5. The molecule has 1 saturated heterocycles. The van der Waals surface area contributed by atoms with Gasteiger partial charge in [-0.1, -0.05) is 25.1 Å². The lowest BCUT2D eigenvalue weighted by molar-refractivity contribution is 0.0378. The molecule has 0 unspecified atom stereocenters. The summed E-state index contributed by atoms with van der Waals surface area (Å²) in [6.45, 7) is 7.37. The van der Waals surface area contributed by atoms with Crippen molar-refractivity contribution in [2.45, 2.75) is 19.8 Å². The maximum atomic E-state index is 12.4. The molecule has 3 aromatic rings. The third-order valence-electron chi connectivity index (χ3n) is 5.33. The van der Waals surface area contributed by atoms with Crippen LogP contribution in [0.4, 0.5) is 23.4 Å². The quantitative estimate of drug-likeness (QED) is 0.391. The second-order valence-corrected chi connectivity index (χ2v) is 7.86. The topological polar surface area (TPSA) is 117 Å². The van der Waals surface area contributed by atoms with Crippen LogP contribution in [0, 0.1) is 0 Å². The zero-order valence-electron chi connectivity index (χ0n) is 19.3. The number of benzene rings is 1. The largest absolute Gasteiger partial charge is 0.379 e. The number of morpholine rings is 1. The Hall–Kier alpha value is -3.63. The fourth-order valence-electron chi connectivity index (χ4n) is 3.48. The van der Waals surface area contributed by atoms with Crippen LogP contribution in [-0.4, -0.2) is 70.1 Å². The minimum atomic E-state index is -0.220. The molecular weight excluding hydrogens is 432 g/mol. The van der Waals surface area contributed by atoms with Gasteiger partial charge in [-0.3, -0.25) is 9.69 Å². The van der Waals surface area contributed by atoms with Gasteiger partial charge in [-0.25, -0.2) is 4.98 Å². The smallest absolute Gasteiger partial charge is 0.257 e. The van der Waals surface area contributed by atoms with E-state index in [1.807, 2.05) is 37.3 Å². The summed E-state index contributed by atoms with van der Waals surface area (Å²) in [6, 6.07) is 12.7. The number of pyridine rings is 1. The molecule has 0 aliphatic carbocycles. The number of carbonyl (C=O) groups excluding carboxylic acids is 1. The molecule has 4 rings (SSSR count). The van der Waals surface area contributed by atoms with Crippen molar-refractivity contribution in [3.05, 3.63) is 60.0 Å². The van der Waals surface area contributed by atoms with E-state index in [0.29, 0.717) is 35.5 Å². The molecule has 34 heavy (non-hydrogen) atoms. The van der Waals surface area contributed by atoms with E-state index < -0.39 is 0 Å². The highest BCUT2D eigenvalue weighted by Gasteiger charge is 2.11. The Morgan fingerprint density at radius 1 is 1.03 bits per heavy atom. The van der Waals surface area contributed by atoms with E-state index in [4.69, 9.17) is 4.74 Å². The number of rotatable bonds is 10. The van der Waals surface area contributed by atoms with Crippen LogP contribution in [0.25, 0.3) is 0 Å². The molecule has 2 aromatic heterocycles. The van der Waals surface area contributed by atoms with E-state index in [1.165, 1.54) is 6.20 Å². The summed E-state index contributed by atoms with van der Waals surface area (Å²) >= 11 is 0. The molecular formula is C24H30N8O2. The average molecular weight is 463 g/mol. The number of nitrogens with one attached hydrogen (secondary N) is 3. The maximum absolute atomic E-state index is 12.4. The van der Waals surface area contributed by atoms with Crippen molar-refractivity contribution in [2.75, 3.05) is 55.3 Å². The van der Waals surface area contributed by atoms with Crippen LogP contribution in [0.3, 0.4) is 0 Å². The second kappa shape index (κ2) is 12.0. The lowest BCUT2D eigenvalue weighted by atomic mass is 10.2. The molecule has 1 aliphatic heterocycles. The predicted molar refractivity (Wildman–Crippen MR) is 131 cm³/mol. The number of aryl methyl sites for hydroxylation is 1. The number of hydrogen-bond donors (Lipinski definition) is 3. The monoisotopic (exact) mass is 462 g/mol. The van der Waals surface area contributed by atoms with Crippen molar-refractivity contribution in [3.63, 3.8) is 0 Å². The highest BCUT2D eigenvalue weighted by molar-refractivity contribution is 6.04. The molecule has 1 fully saturated rings. The van der Waals surface area contributed by atoms with Gasteiger partial charge in [0.1, 0.15) is 11.6 Å². The predicted octanol–water partition coefficient (Wildman–Crippen LogP) is 2.96. The molecule has 1 amide bonds. The van der Waals surface area contributed by atoms with Crippen LogP contribution in [0.2, 0.25) is 0 Å². The lowest BCUT2D eigenvalue weighted by Gasteiger charge is -2.26. The highest BCUT2D eigenvalue weighted by atomic mass is 16.5. The number of carbonyl (C=O) groups is 1. The number of hydrogen-bond acceptors (Lipinski definition) is 9. The molecule has 0 radical (unpaired) electrons. The number of ether oxygens (including phenoxy) is 1. The Balaban J connectivity index is 1.32. The summed E-state index contributed by atoms with van der Waals surface area (Å²) in [5.74, 6) is 1.96. The fourth-order valence-corrected chi connectivity index (χ4v) is 3.48. The van der Waals surface area contributed by atoms with Crippen molar-refractivity contribution >= 4 is 29.3 Å². The van der Waals surface area contributed by atoms with Crippen molar-refractivity contribution in [1.82, 2.24) is 24.8 Å². The molecule has 0 atom stereocenters. The van der Waals surface area contributed by atoms with Crippen molar-refractivity contribution < 1.29 is 9.53 Å². The summed E-state index contributed by atoms with van der Waals surface area (Å²) < 4.78 is 5.39.